The maximum Gasteiger partial charge on any atom is 0.258 e. The molecule has 3 aromatic rings. The molecule has 0 saturated heterocycles. The van der Waals surface area contributed by atoms with Gasteiger partial charge in [-0.05, 0) is 74.7 Å². The molecule has 1 amide bonds. The van der Waals surface area contributed by atoms with Crippen LogP contribution in [0.4, 0.5) is 10.1 Å². The van der Waals surface area contributed by atoms with Crippen molar-refractivity contribution in [2.24, 2.45) is 0 Å². The number of benzene rings is 3. The first-order valence-corrected chi connectivity index (χ1v) is 10.5. The number of anilines is 1. The van der Waals surface area contributed by atoms with Crippen LogP contribution in [0.15, 0.2) is 66.7 Å². The quantitative estimate of drug-likeness (QED) is 0.439. The van der Waals surface area contributed by atoms with Crippen LogP contribution >= 0.6 is 11.6 Å². The second-order valence-corrected chi connectivity index (χ2v) is 9.44. The van der Waals surface area contributed by atoms with Crippen molar-refractivity contribution >= 4 is 23.2 Å². The highest BCUT2D eigenvalue weighted by Crippen LogP contribution is 2.51. The Balaban J connectivity index is 1.92. The first kappa shape index (κ1) is 20.6. The number of amides is 1. The molecule has 4 heteroatoms. The Morgan fingerprint density at radius 3 is 2.37 bits per heavy atom. The highest BCUT2D eigenvalue weighted by molar-refractivity contribution is 6.30. The lowest BCUT2D eigenvalue weighted by atomic mass is 9.65. The van der Waals surface area contributed by atoms with Gasteiger partial charge in [-0.25, -0.2) is 4.39 Å². The van der Waals surface area contributed by atoms with Gasteiger partial charge in [0.1, 0.15) is 5.82 Å². The van der Waals surface area contributed by atoms with Crippen molar-refractivity contribution in [1.29, 1.82) is 0 Å². The topological polar surface area (TPSA) is 20.3 Å². The molecule has 4 rings (SSSR count). The van der Waals surface area contributed by atoms with Crippen molar-refractivity contribution < 1.29 is 9.18 Å². The molecule has 0 radical (unpaired) electrons. The summed E-state index contributed by atoms with van der Waals surface area (Å²) in [5.41, 5.74) is 3.81. The number of nitrogens with zero attached hydrogens (tertiary/aromatic N) is 1. The van der Waals surface area contributed by atoms with E-state index in [9.17, 15) is 9.18 Å². The average molecular weight is 422 g/mol. The third-order valence-corrected chi connectivity index (χ3v) is 6.39. The first-order valence-electron chi connectivity index (χ1n) is 10.1. The zero-order chi connectivity index (χ0) is 21.7. The second-order valence-electron chi connectivity index (χ2n) is 9.00. The Hall–Kier alpha value is -2.65. The molecule has 1 aliphatic rings. The number of carbonyl (C=O) groups is 1. The standard InChI is InChI=1S/C26H25ClFNO/c1-17-8-13-23-22(14-17)26(4,19-9-11-20(27)12-10-19)16-25(2,3)29(23)24(30)18-6-5-7-21(28)15-18/h5-15H,16H2,1-4H3. The van der Waals surface area contributed by atoms with Crippen LogP contribution in [0.2, 0.25) is 5.02 Å². The van der Waals surface area contributed by atoms with Crippen molar-refractivity contribution in [3.63, 3.8) is 0 Å². The van der Waals surface area contributed by atoms with E-state index in [1.807, 2.05) is 29.2 Å². The number of halogens is 2. The lowest BCUT2D eigenvalue weighted by molar-refractivity contribution is 0.0948. The number of hydrogen-bond donors (Lipinski definition) is 0. The summed E-state index contributed by atoms with van der Waals surface area (Å²) in [5.74, 6) is -0.603. The maximum atomic E-state index is 13.8. The third-order valence-electron chi connectivity index (χ3n) is 6.13. The van der Waals surface area contributed by atoms with E-state index in [0.29, 0.717) is 10.6 Å². The summed E-state index contributed by atoms with van der Waals surface area (Å²) >= 11 is 6.14. The molecule has 0 aliphatic carbocycles. The van der Waals surface area contributed by atoms with Crippen LogP contribution in [0.1, 0.15) is 54.2 Å². The normalized spacial score (nSPS) is 20.0. The van der Waals surface area contributed by atoms with Gasteiger partial charge in [0, 0.05) is 27.2 Å². The van der Waals surface area contributed by atoms with E-state index in [1.165, 1.54) is 12.1 Å². The van der Waals surface area contributed by atoms with Gasteiger partial charge < -0.3 is 4.90 Å². The van der Waals surface area contributed by atoms with Gasteiger partial charge in [0.2, 0.25) is 0 Å². The molecule has 30 heavy (non-hydrogen) atoms. The fraction of sp³-hybridized carbons (Fsp3) is 0.269. The van der Waals surface area contributed by atoms with E-state index in [1.54, 1.807) is 12.1 Å². The number of rotatable bonds is 2. The largest absolute Gasteiger partial charge is 0.302 e. The number of fused-ring (bicyclic) bond motifs is 1. The van der Waals surface area contributed by atoms with E-state index in [4.69, 9.17) is 11.6 Å². The smallest absolute Gasteiger partial charge is 0.258 e. The summed E-state index contributed by atoms with van der Waals surface area (Å²) in [6.07, 6.45) is 0.721. The van der Waals surface area contributed by atoms with Gasteiger partial charge in [-0.1, -0.05) is 54.4 Å². The molecule has 3 aromatic carbocycles. The summed E-state index contributed by atoms with van der Waals surface area (Å²) in [5, 5.41) is 0.699. The average Bonchev–Trinajstić information content (AvgIpc) is 2.68. The van der Waals surface area contributed by atoms with Gasteiger partial charge >= 0.3 is 0 Å². The molecule has 0 N–H and O–H groups in total. The highest BCUT2D eigenvalue weighted by Gasteiger charge is 2.48. The molecule has 0 spiro atoms. The van der Waals surface area contributed by atoms with Crippen LogP contribution in [-0.4, -0.2) is 11.4 Å². The van der Waals surface area contributed by atoms with Crippen LogP contribution < -0.4 is 4.90 Å². The first-order chi connectivity index (χ1) is 14.1. The Morgan fingerprint density at radius 1 is 1.00 bits per heavy atom. The van der Waals surface area contributed by atoms with Crippen molar-refractivity contribution in [2.45, 2.75) is 45.1 Å². The minimum Gasteiger partial charge on any atom is -0.302 e. The lowest BCUT2D eigenvalue weighted by Crippen LogP contribution is -2.56. The van der Waals surface area contributed by atoms with Crippen LogP contribution in [0, 0.1) is 12.7 Å². The molecule has 0 fully saturated rings. The van der Waals surface area contributed by atoms with Gasteiger partial charge in [-0.3, -0.25) is 4.79 Å². The summed E-state index contributed by atoms with van der Waals surface area (Å²) in [7, 11) is 0. The molecular weight excluding hydrogens is 397 g/mol. The van der Waals surface area contributed by atoms with E-state index in [2.05, 4.69) is 45.9 Å². The fourth-order valence-corrected chi connectivity index (χ4v) is 4.99. The van der Waals surface area contributed by atoms with Gasteiger partial charge in [-0.15, -0.1) is 0 Å². The molecular formula is C26H25ClFNO. The maximum absolute atomic E-state index is 13.8. The third kappa shape index (κ3) is 3.41. The van der Waals surface area contributed by atoms with E-state index in [-0.39, 0.29) is 11.3 Å². The van der Waals surface area contributed by atoms with Gasteiger partial charge in [-0.2, -0.15) is 0 Å². The molecule has 1 atom stereocenters. The van der Waals surface area contributed by atoms with Crippen molar-refractivity contribution in [1.82, 2.24) is 0 Å². The van der Waals surface area contributed by atoms with E-state index >= 15 is 0 Å². The fourth-order valence-electron chi connectivity index (χ4n) is 4.86. The monoisotopic (exact) mass is 421 g/mol. The van der Waals surface area contributed by atoms with Gasteiger partial charge in [0.25, 0.3) is 5.91 Å². The van der Waals surface area contributed by atoms with Crippen molar-refractivity contribution in [2.75, 3.05) is 4.90 Å². The molecule has 1 unspecified atom stereocenters. The Bertz CT molecular complexity index is 1120. The number of aryl methyl sites for hydroxylation is 1. The van der Waals surface area contributed by atoms with Crippen LogP contribution in [0.25, 0.3) is 0 Å². The van der Waals surface area contributed by atoms with Gasteiger partial charge in [0.05, 0.1) is 0 Å². The summed E-state index contributed by atoms with van der Waals surface area (Å²) in [6.45, 7) is 8.42. The minimum atomic E-state index is -0.486. The molecule has 0 saturated carbocycles. The van der Waals surface area contributed by atoms with E-state index in [0.717, 1.165) is 28.8 Å². The summed E-state index contributed by atoms with van der Waals surface area (Å²) in [6, 6.07) is 20.0. The Morgan fingerprint density at radius 2 is 1.70 bits per heavy atom. The Kier molecular flexibility index (Phi) is 4.98. The summed E-state index contributed by atoms with van der Waals surface area (Å²) < 4.78 is 13.8. The van der Waals surface area contributed by atoms with Crippen molar-refractivity contribution in [3.05, 3.63) is 99.8 Å². The zero-order valence-corrected chi connectivity index (χ0v) is 18.4. The molecule has 1 aliphatic heterocycles. The number of hydrogen-bond acceptors (Lipinski definition) is 1. The molecule has 0 bridgehead atoms. The lowest BCUT2D eigenvalue weighted by Gasteiger charge is -2.51. The van der Waals surface area contributed by atoms with Crippen LogP contribution in [0.3, 0.4) is 0 Å². The molecule has 2 nitrogen and oxygen atoms in total. The van der Waals surface area contributed by atoms with Gasteiger partial charge in [0.15, 0.2) is 0 Å². The predicted octanol–water partition coefficient (Wildman–Crippen LogP) is 6.92. The minimum absolute atomic E-state index is 0.192. The zero-order valence-electron chi connectivity index (χ0n) is 17.7. The number of carbonyl (C=O) groups excluding carboxylic acids is 1. The molecule has 1 heterocycles. The SMILES string of the molecule is Cc1ccc2c(c1)C(C)(c1ccc(Cl)cc1)CC(C)(C)N2C(=O)c1cccc(F)c1. The molecule has 154 valence electrons. The second kappa shape index (κ2) is 7.24. The van der Waals surface area contributed by atoms with Crippen LogP contribution in [-0.2, 0) is 5.41 Å². The highest BCUT2D eigenvalue weighted by atomic mass is 35.5. The Labute approximate surface area is 182 Å². The summed E-state index contributed by atoms with van der Waals surface area (Å²) in [4.78, 5) is 15.4. The van der Waals surface area contributed by atoms with E-state index < -0.39 is 11.4 Å². The molecule has 0 aromatic heterocycles. The van der Waals surface area contributed by atoms with Crippen molar-refractivity contribution in [3.8, 4) is 0 Å². The predicted molar refractivity (Wildman–Crippen MR) is 121 cm³/mol. The van der Waals surface area contributed by atoms with Crippen LogP contribution in [0.5, 0.6) is 0 Å².